The van der Waals surface area contributed by atoms with E-state index in [0.29, 0.717) is 0 Å². The van der Waals surface area contributed by atoms with Crippen LogP contribution >= 0.6 is 0 Å². The Hall–Kier alpha value is 0.137. The second kappa shape index (κ2) is 2.17. The maximum Gasteiger partial charge on any atom is 0.150 e. The Morgan fingerprint density at radius 3 is 2.50 bits per heavy atom. The van der Waals surface area contributed by atoms with Gasteiger partial charge in [0.15, 0.2) is 8.24 Å². The molecule has 0 bridgehead atoms. The SMILES string of the molecule is C[Si]1(C)CCCON1. The Labute approximate surface area is 51.3 Å². The average Bonchev–Trinajstić information content (AvgIpc) is 1.65. The van der Waals surface area contributed by atoms with Crippen molar-refractivity contribution in [3.8, 4) is 0 Å². The summed E-state index contributed by atoms with van der Waals surface area (Å²) in [5.74, 6) is 0. The van der Waals surface area contributed by atoms with E-state index in [2.05, 4.69) is 18.2 Å². The van der Waals surface area contributed by atoms with Crippen LogP contribution in [-0.4, -0.2) is 14.8 Å². The molecule has 1 N–H and O–H groups in total. The van der Waals surface area contributed by atoms with Crippen LogP contribution in [0.2, 0.25) is 19.1 Å². The highest BCUT2D eigenvalue weighted by atomic mass is 28.3. The lowest BCUT2D eigenvalue weighted by atomic mass is 10.5. The van der Waals surface area contributed by atoms with Crippen LogP contribution in [0.5, 0.6) is 0 Å². The highest BCUT2D eigenvalue weighted by Gasteiger charge is 2.23. The Balaban J connectivity index is 2.33. The summed E-state index contributed by atoms with van der Waals surface area (Å²) in [5.41, 5.74) is 0. The molecule has 48 valence electrons. The molecule has 0 saturated carbocycles. The minimum Gasteiger partial charge on any atom is -0.309 e. The molecule has 0 unspecified atom stereocenters. The van der Waals surface area contributed by atoms with Gasteiger partial charge in [0.2, 0.25) is 0 Å². The molecule has 1 aliphatic heterocycles. The van der Waals surface area contributed by atoms with Gasteiger partial charge in [-0.3, -0.25) is 0 Å². The molecule has 8 heavy (non-hydrogen) atoms. The summed E-state index contributed by atoms with van der Waals surface area (Å²) in [4.78, 5) is 5.10. The Morgan fingerprint density at radius 2 is 2.25 bits per heavy atom. The summed E-state index contributed by atoms with van der Waals surface area (Å²) in [6.07, 6.45) is 1.24. The van der Waals surface area contributed by atoms with Gasteiger partial charge in [0, 0.05) is 0 Å². The molecule has 1 rings (SSSR count). The molecule has 0 aromatic heterocycles. The molecule has 0 aromatic carbocycles. The summed E-state index contributed by atoms with van der Waals surface area (Å²) in [6.45, 7) is 5.47. The lowest BCUT2D eigenvalue weighted by Crippen LogP contribution is -2.47. The second-order valence-electron chi connectivity index (χ2n) is 2.94. The van der Waals surface area contributed by atoms with Gasteiger partial charge < -0.3 is 4.84 Å². The first-order chi connectivity index (χ1) is 3.71. The monoisotopic (exact) mass is 131 g/mol. The third-order valence-corrected chi connectivity index (χ3v) is 3.70. The van der Waals surface area contributed by atoms with Gasteiger partial charge in [-0.05, 0) is 12.5 Å². The van der Waals surface area contributed by atoms with Crippen LogP contribution in [0, 0.1) is 0 Å². The third kappa shape index (κ3) is 1.58. The van der Waals surface area contributed by atoms with Crippen LogP contribution in [0.25, 0.3) is 0 Å². The minimum absolute atomic E-state index is 0.899. The quantitative estimate of drug-likeness (QED) is 0.497. The Bertz CT molecular complexity index is 76.5. The van der Waals surface area contributed by atoms with Crippen molar-refractivity contribution in [2.75, 3.05) is 6.61 Å². The predicted octanol–water partition coefficient (Wildman–Crippen LogP) is 1.12. The van der Waals surface area contributed by atoms with E-state index in [0.717, 1.165) is 6.61 Å². The standard InChI is InChI=1S/C5H13NOSi/c1-8(2)5-3-4-7-6-8/h6H,3-5H2,1-2H3. The van der Waals surface area contributed by atoms with Crippen LogP contribution in [0.1, 0.15) is 6.42 Å². The molecular weight excluding hydrogens is 118 g/mol. The molecule has 0 radical (unpaired) electrons. The predicted molar refractivity (Wildman–Crippen MR) is 36.0 cm³/mol. The van der Waals surface area contributed by atoms with E-state index in [-0.39, 0.29) is 0 Å². The fourth-order valence-electron chi connectivity index (χ4n) is 0.884. The van der Waals surface area contributed by atoms with Crippen LogP contribution in [-0.2, 0) is 4.84 Å². The van der Waals surface area contributed by atoms with Gasteiger partial charge in [0.25, 0.3) is 0 Å². The fraction of sp³-hybridized carbons (Fsp3) is 1.00. The first-order valence-corrected chi connectivity index (χ1v) is 6.30. The van der Waals surface area contributed by atoms with Crippen molar-refractivity contribution in [1.82, 2.24) is 5.15 Å². The zero-order valence-corrected chi connectivity index (χ0v) is 6.53. The van der Waals surface area contributed by atoms with Gasteiger partial charge in [0.1, 0.15) is 0 Å². The van der Waals surface area contributed by atoms with Crippen molar-refractivity contribution in [3.05, 3.63) is 0 Å². The fourth-order valence-corrected chi connectivity index (χ4v) is 2.51. The van der Waals surface area contributed by atoms with Crippen molar-refractivity contribution in [2.24, 2.45) is 0 Å². The lowest BCUT2D eigenvalue weighted by Gasteiger charge is -2.27. The van der Waals surface area contributed by atoms with Gasteiger partial charge in [-0.25, -0.2) is 5.15 Å². The van der Waals surface area contributed by atoms with Crippen LogP contribution in [0.4, 0.5) is 0 Å². The van der Waals surface area contributed by atoms with Gasteiger partial charge in [-0.15, -0.1) is 0 Å². The van der Waals surface area contributed by atoms with E-state index in [4.69, 9.17) is 4.84 Å². The molecular formula is C5H13NOSi. The molecule has 1 saturated heterocycles. The van der Waals surface area contributed by atoms with Crippen LogP contribution in [0.3, 0.4) is 0 Å². The van der Waals surface area contributed by atoms with E-state index in [9.17, 15) is 0 Å². The van der Waals surface area contributed by atoms with Gasteiger partial charge >= 0.3 is 0 Å². The molecule has 0 aliphatic carbocycles. The Morgan fingerprint density at radius 1 is 1.50 bits per heavy atom. The third-order valence-electron chi connectivity index (χ3n) is 1.40. The van der Waals surface area contributed by atoms with Gasteiger partial charge in [-0.1, -0.05) is 13.1 Å². The van der Waals surface area contributed by atoms with E-state index in [1.807, 2.05) is 0 Å². The summed E-state index contributed by atoms with van der Waals surface area (Å²) < 4.78 is 0. The molecule has 1 heterocycles. The first kappa shape index (κ1) is 6.26. The van der Waals surface area contributed by atoms with Crippen molar-refractivity contribution in [3.63, 3.8) is 0 Å². The molecule has 1 aliphatic rings. The zero-order valence-electron chi connectivity index (χ0n) is 5.53. The van der Waals surface area contributed by atoms with Crippen molar-refractivity contribution in [1.29, 1.82) is 0 Å². The van der Waals surface area contributed by atoms with E-state index in [1.54, 1.807) is 0 Å². The minimum atomic E-state index is -1.06. The molecule has 0 aromatic rings. The summed E-state index contributed by atoms with van der Waals surface area (Å²) >= 11 is 0. The number of hydrogen-bond acceptors (Lipinski definition) is 2. The molecule has 2 nitrogen and oxygen atoms in total. The first-order valence-electron chi connectivity index (χ1n) is 3.10. The maximum atomic E-state index is 5.10. The van der Waals surface area contributed by atoms with E-state index in [1.165, 1.54) is 12.5 Å². The van der Waals surface area contributed by atoms with Crippen molar-refractivity contribution in [2.45, 2.75) is 25.6 Å². The number of nitrogens with one attached hydrogen (secondary N) is 1. The van der Waals surface area contributed by atoms with Gasteiger partial charge in [0.05, 0.1) is 6.61 Å². The summed E-state index contributed by atoms with van der Waals surface area (Å²) in [6, 6.07) is 1.35. The number of hydrogen-bond donors (Lipinski definition) is 1. The molecule has 0 atom stereocenters. The normalized spacial score (nSPS) is 27.8. The maximum absolute atomic E-state index is 5.10. The molecule has 3 heteroatoms. The zero-order chi connectivity index (χ0) is 6.04. The topological polar surface area (TPSA) is 21.3 Å². The summed E-state index contributed by atoms with van der Waals surface area (Å²) in [5, 5.41) is 3.10. The highest BCUT2D eigenvalue weighted by molar-refractivity contribution is 6.74. The van der Waals surface area contributed by atoms with Crippen LogP contribution < -0.4 is 5.15 Å². The largest absolute Gasteiger partial charge is 0.309 e. The second-order valence-corrected chi connectivity index (χ2v) is 7.41. The van der Waals surface area contributed by atoms with Crippen LogP contribution in [0.15, 0.2) is 0 Å². The number of rotatable bonds is 0. The molecule has 0 spiro atoms. The average molecular weight is 131 g/mol. The van der Waals surface area contributed by atoms with Gasteiger partial charge in [-0.2, -0.15) is 0 Å². The highest BCUT2D eigenvalue weighted by Crippen LogP contribution is 2.12. The van der Waals surface area contributed by atoms with E-state index < -0.39 is 8.24 Å². The molecule has 0 amide bonds. The molecule has 1 fully saturated rings. The Kier molecular flexibility index (Phi) is 1.70. The van der Waals surface area contributed by atoms with E-state index >= 15 is 0 Å². The summed E-state index contributed by atoms with van der Waals surface area (Å²) in [7, 11) is -1.06. The van der Waals surface area contributed by atoms with Crippen molar-refractivity contribution < 1.29 is 4.84 Å². The lowest BCUT2D eigenvalue weighted by molar-refractivity contribution is 0.0738. The van der Waals surface area contributed by atoms with Crippen molar-refractivity contribution >= 4 is 8.24 Å². The smallest absolute Gasteiger partial charge is 0.150 e.